The normalized spacial score (nSPS) is 10.7. The molecule has 11 heteroatoms. The molecule has 1 amide bonds. The molecule has 0 aliphatic heterocycles. The van der Waals surface area contributed by atoms with Crippen molar-refractivity contribution < 1.29 is 14.5 Å². The number of nitro groups is 1. The molecule has 1 heterocycles. The number of nitrogen functional groups attached to an aromatic ring is 1. The maximum absolute atomic E-state index is 12.9. The van der Waals surface area contributed by atoms with Crippen LogP contribution < -0.4 is 11.5 Å². The lowest BCUT2D eigenvalue weighted by Gasteiger charge is -2.09. The second-order valence-corrected chi connectivity index (χ2v) is 6.22. The van der Waals surface area contributed by atoms with Crippen molar-refractivity contribution in [1.82, 2.24) is 9.97 Å². The molecule has 0 fully saturated rings. The van der Waals surface area contributed by atoms with Crippen molar-refractivity contribution in [1.29, 1.82) is 0 Å². The molecule has 9 nitrogen and oxygen atoms in total. The van der Waals surface area contributed by atoms with Gasteiger partial charge in [0.25, 0.3) is 11.6 Å². The number of amides is 1. The molecule has 3 aromatic rings. The number of carbonyl (C=O) groups is 2. The van der Waals surface area contributed by atoms with Gasteiger partial charge in [0.1, 0.15) is 5.69 Å². The average molecular weight is 406 g/mol. The Morgan fingerprint density at radius 3 is 2.26 bits per heavy atom. The molecular weight excluding hydrogens is 397 g/mol. The summed E-state index contributed by atoms with van der Waals surface area (Å²) < 4.78 is 0. The molecule has 2 aromatic carbocycles. The number of carbonyl (C=O) groups excluding carboxylic acids is 2. The van der Waals surface area contributed by atoms with Crippen molar-refractivity contribution in [2.45, 2.75) is 0 Å². The number of primary amides is 1. The van der Waals surface area contributed by atoms with Crippen molar-refractivity contribution in [3.8, 4) is 0 Å². The predicted octanol–water partition coefficient (Wildman–Crippen LogP) is 2.76. The van der Waals surface area contributed by atoms with E-state index in [2.05, 4.69) is 9.97 Å². The van der Waals surface area contributed by atoms with Crippen LogP contribution in [0.3, 0.4) is 0 Å². The Morgan fingerprint density at radius 1 is 1.07 bits per heavy atom. The van der Waals surface area contributed by atoms with Crippen LogP contribution in [-0.4, -0.2) is 26.6 Å². The summed E-state index contributed by atoms with van der Waals surface area (Å²) in [5, 5.41) is 11.3. The van der Waals surface area contributed by atoms with E-state index in [-0.39, 0.29) is 43.6 Å². The van der Waals surface area contributed by atoms with Crippen LogP contribution in [0.1, 0.15) is 26.7 Å². The van der Waals surface area contributed by atoms with Gasteiger partial charge >= 0.3 is 0 Å². The quantitative estimate of drug-likeness (QED) is 0.292. The van der Waals surface area contributed by atoms with Gasteiger partial charge in [0, 0.05) is 23.1 Å². The maximum Gasteiger partial charge on any atom is 0.286 e. The number of hydrogen-bond donors (Lipinski definition) is 2. The minimum absolute atomic E-state index is 0.0176. The standard InChI is InChI=1S/C16H9Cl2N5O4/c17-9-3-6(4-10(18)12(9)19)14(24)13-8-2-1-7(23(26)27)5-11(8)21-16(22-13)15(20)25/h1-5H,19H2,(H2,20,25). The number of non-ortho nitro benzene ring substituents is 1. The number of hydrogen-bond acceptors (Lipinski definition) is 7. The first-order valence-corrected chi connectivity index (χ1v) is 8.00. The topological polar surface area (TPSA) is 155 Å². The minimum atomic E-state index is -0.995. The fourth-order valence-electron chi connectivity index (χ4n) is 2.37. The van der Waals surface area contributed by atoms with Crippen molar-refractivity contribution in [2.24, 2.45) is 5.73 Å². The van der Waals surface area contributed by atoms with E-state index in [0.717, 1.165) is 6.07 Å². The predicted molar refractivity (Wildman–Crippen MR) is 99.0 cm³/mol. The van der Waals surface area contributed by atoms with Gasteiger partial charge in [-0.2, -0.15) is 0 Å². The molecule has 27 heavy (non-hydrogen) atoms. The van der Waals surface area contributed by atoms with Crippen LogP contribution in [-0.2, 0) is 0 Å². The van der Waals surface area contributed by atoms with Gasteiger partial charge < -0.3 is 11.5 Å². The summed E-state index contributed by atoms with van der Waals surface area (Å²) >= 11 is 11.9. The van der Waals surface area contributed by atoms with E-state index in [9.17, 15) is 19.7 Å². The number of halogens is 2. The zero-order valence-corrected chi connectivity index (χ0v) is 14.8. The van der Waals surface area contributed by atoms with Crippen molar-refractivity contribution in [3.63, 3.8) is 0 Å². The van der Waals surface area contributed by atoms with Gasteiger partial charge in [0.15, 0.2) is 0 Å². The van der Waals surface area contributed by atoms with E-state index < -0.39 is 22.4 Å². The molecule has 1 aromatic heterocycles. The van der Waals surface area contributed by atoms with Gasteiger partial charge in [-0.1, -0.05) is 23.2 Å². The Labute approximate surface area is 161 Å². The Kier molecular flexibility index (Phi) is 4.64. The zero-order chi connectivity index (χ0) is 19.9. The molecule has 0 spiro atoms. The van der Waals surface area contributed by atoms with Crippen LogP contribution in [0.2, 0.25) is 10.0 Å². The Morgan fingerprint density at radius 2 is 1.70 bits per heavy atom. The third kappa shape index (κ3) is 3.37. The molecule has 0 aliphatic carbocycles. The summed E-state index contributed by atoms with van der Waals surface area (Å²) in [6.45, 7) is 0. The van der Waals surface area contributed by atoms with E-state index in [1.165, 1.54) is 24.3 Å². The number of aromatic nitrogens is 2. The maximum atomic E-state index is 12.9. The number of fused-ring (bicyclic) bond motifs is 1. The van der Waals surface area contributed by atoms with Gasteiger partial charge in [-0.25, -0.2) is 9.97 Å². The van der Waals surface area contributed by atoms with Gasteiger partial charge in [0.05, 0.1) is 26.2 Å². The highest BCUT2D eigenvalue weighted by atomic mass is 35.5. The lowest BCUT2D eigenvalue weighted by Crippen LogP contribution is -2.18. The van der Waals surface area contributed by atoms with Crippen LogP contribution >= 0.6 is 23.2 Å². The van der Waals surface area contributed by atoms with Crippen LogP contribution in [0.5, 0.6) is 0 Å². The number of nitrogens with zero attached hydrogens (tertiary/aromatic N) is 3. The summed E-state index contributed by atoms with van der Waals surface area (Å²) in [4.78, 5) is 42.6. The molecule has 4 N–H and O–H groups in total. The lowest BCUT2D eigenvalue weighted by atomic mass is 10.0. The second kappa shape index (κ2) is 6.78. The summed E-state index contributed by atoms with van der Waals surface area (Å²) in [6, 6.07) is 6.22. The first kappa shape index (κ1) is 18.5. The molecule has 0 saturated heterocycles. The van der Waals surface area contributed by atoms with Gasteiger partial charge in [0.2, 0.25) is 11.6 Å². The largest absolute Gasteiger partial charge is 0.396 e. The fraction of sp³-hybridized carbons (Fsp3) is 0. The van der Waals surface area contributed by atoms with Crippen LogP contribution in [0, 0.1) is 10.1 Å². The molecule has 0 radical (unpaired) electrons. The lowest BCUT2D eigenvalue weighted by molar-refractivity contribution is -0.384. The van der Waals surface area contributed by atoms with Gasteiger partial charge in [-0.3, -0.25) is 19.7 Å². The number of benzene rings is 2. The highest BCUT2D eigenvalue weighted by Crippen LogP contribution is 2.31. The number of anilines is 1. The SMILES string of the molecule is NC(=O)c1nc(C(=O)c2cc(Cl)c(N)c(Cl)c2)c2ccc([N+](=O)[O-])cc2n1. The first-order chi connectivity index (χ1) is 12.7. The van der Waals surface area contributed by atoms with Crippen molar-refractivity contribution >= 4 is 57.2 Å². The van der Waals surface area contributed by atoms with E-state index in [4.69, 9.17) is 34.7 Å². The van der Waals surface area contributed by atoms with E-state index in [1.807, 2.05) is 0 Å². The highest BCUT2D eigenvalue weighted by molar-refractivity contribution is 6.39. The first-order valence-electron chi connectivity index (χ1n) is 7.24. The molecule has 0 aliphatic rings. The molecule has 0 saturated carbocycles. The molecule has 0 atom stereocenters. The molecular formula is C16H9Cl2N5O4. The van der Waals surface area contributed by atoms with E-state index >= 15 is 0 Å². The fourth-order valence-corrected chi connectivity index (χ4v) is 2.85. The highest BCUT2D eigenvalue weighted by Gasteiger charge is 2.21. The minimum Gasteiger partial charge on any atom is -0.396 e. The van der Waals surface area contributed by atoms with E-state index in [0.29, 0.717) is 0 Å². The van der Waals surface area contributed by atoms with Crippen molar-refractivity contribution in [2.75, 3.05) is 5.73 Å². The number of nitro benzene ring substituents is 1. The Hall–Kier alpha value is -3.30. The Bertz CT molecular complexity index is 1120. The summed E-state index contributed by atoms with van der Waals surface area (Å²) in [5.74, 6) is -2.09. The third-order valence-corrected chi connectivity index (χ3v) is 4.29. The van der Waals surface area contributed by atoms with E-state index in [1.54, 1.807) is 0 Å². The van der Waals surface area contributed by atoms with Crippen molar-refractivity contribution in [3.05, 3.63) is 67.6 Å². The summed E-state index contributed by atoms with van der Waals surface area (Å²) in [5.41, 5.74) is 10.6. The smallest absolute Gasteiger partial charge is 0.286 e. The molecule has 136 valence electrons. The molecule has 0 bridgehead atoms. The summed E-state index contributed by atoms with van der Waals surface area (Å²) in [6.07, 6.45) is 0. The average Bonchev–Trinajstić information content (AvgIpc) is 2.63. The number of rotatable bonds is 4. The second-order valence-electron chi connectivity index (χ2n) is 5.40. The van der Waals surface area contributed by atoms with Crippen LogP contribution in [0.25, 0.3) is 10.9 Å². The van der Waals surface area contributed by atoms with Gasteiger partial charge in [-0.05, 0) is 18.2 Å². The third-order valence-electron chi connectivity index (χ3n) is 3.67. The number of nitrogens with two attached hydrogens (primary N) is 2. The van der Waals surface area contributed by atoms with Gasteiger partial charge in [-0.15, -0.1) is 0 Å². The molecule has 0 unspecified atom stereocenters. The monoisotopic (exact) mass is 405 g/mol. The summed E-state index contributed by atoms with van der Waals surface area (Å²) in [7, 11) is 0. The zero-order valence-electron chi connectivity index (χ0n) is 13.3. The number of ketones is 1. The Balaban J connectivity index is 2.27. The van der Waals surface area contributed by atoms with Crippen LogP contribution in [0.15, 0.2) is 30.3 Å². The molecule has 3 rings (SSSR count). The van der Waals surface area contributed by atoms with Crippen LogP contribution in [0.4, 0.5) is 11.4 Å².